The second kappa shape index (κ2) is 6.60. The Kier molecular flexibility index (Phi) is 4.36. The molecule has 1 unspecified atom stereocenters. The van der Waals surface area contributed by atoms with Crippen LogP contribution in [0.5, 0.6) is 0 Å². The molecule has 3 rings (SSSR count). The SMILES string of the molecule is Cn1cc(N2CCCC(ON=Cc3cccc(F)c3)C2=O)cn1. The van der Waals surface area contributed by atoms with Gasteiger partial charge in [0.1, 0.15) is 5.82 Å². The van der Waals surface area contributed by atoms with E-state index < -0.39 is 6.10 Å². The summed E-state index contributed by atoms with van der Waals surface area (Å²) < 4.78 is 14.7. The van der Waals surface area contributed by atoms with E-state index in [0.29, 0.717) is 18.5 Å². The van der Waals surface area contributed by atoms with Crippen molar-refractivity contribution >= 4 is 17.8 Å². The zero-order valence-corrected chi connectivity index (χ0v) is 12.7. The number of anilines is 1. The summed E-state index contributed by atoms with van der Waals surface area (Å²) in [7, 11) is 1.80. The first-order valence-electron chi connectivity index (χ1n) is 7.38. The van der Waals surface area contributed by atoms with Crippen LogP contribution in [0.15, 0.2) is 41.8 Å². The number of hydrogen-bond acceptors (Lipinski definition) is 4. The van der Waals surface area contributed by atoms with Crippen molar-refractivity contribution < 1.29 is 14.0 Å². The lowest BCUT2D eigenvalue weighted by atomic mass is 10.1. The molecule has 0 spiro atoms. The fraction of sp³-hybridized carbons (Fsp3) is 0.312. The Bertz CT molecular complexity index is 728. The number of aromatic nitrogens is 2. The van der Waals surface area contributed by atoms with Crippen molar-refractivity contribution in [3.63, 3.8) is 0 Å². The minimum Gasteiger partial charge on any atom is -0.382 e. The van der Waals surface area contributed by atoms with Crippen LogP contribution >= 0.6 is 0 Å². The minimum absolute atomic E-state index is 0.138. The largest absolute Gasteiger partial charge is 0.382 e. The Morgan fingerprint density at radius 2 is 2.35 bits per heavy atom. The number of carbonyl (C=O) groups excluding carboxylic acids is 1. The second-order valence-electron chi connectivity index (χ2n) is 5.39. The molecule has 1 aliphatic rings. The summed E-state index contributed by atoms with van der Waals surface area (Å²) in [6, 6.07) is 6.00. The van der Waals surface area contributed by atoms with Crippen molar-refractivity contribution in [1.29, 1.82) is 0 Å². The van der Waals surface area contributed by atoms with E-state index in [4.69, 9.17) is 4.84 Å². The zero-order chi connectivity index (χ0) is 16.2. The molecular formula is C16H17FN4O2. The highest BCUT2D eigenvalue weighted by Crippen LogP contribution is 2.22. The number of hydrogen-bond donors (Lipinski definition) is 0. The predicted octanol–water partition coefficient (Wildman–Crippen LogP) is 2.11. The van der Waals surface area contributed by atoms with Gasteiger partial charge in [0.25, 0.3) is 5.91 Å². The highest BCUT2D eigenvalue weighted by molar-refractivity contribution is 5.97. The fourth-order valence-electron chi connectivity index (χ4n) is 2.50. The quantitative estimate of drug-likeness (QED) is 0.641. The van der Waals surface area contributed by atoms with Crippen molar-refractivity contribution in [2.24, 2.45) is 12.2 Å². The lowest BCUT2D eigenvalue weighted by Gasteiger charge is -2.29. The molecule has 1 atom stereocenters. The Labute approximate surface area is 133 Å². The molecule has 6 nitrogen and oxygen atoms in total. The molecule has 1 aromatic carbocycles. The van der Waals surface area contributed by atoms with Crippen LogP contribution < -0.4 is 4.90 Å². The van der Waals surface area contributed by atoms with E-state index in [1.807, 2.05) is 0 Å². The number of benzene rings is 1. The number of halogens is 1. The highest BCUT2D eigenvalue weighted by Gasteiger charge is 2.32. The summed E-state index contributed by atoms with van der Waals surface area (Å²) in [5.41, 5.74) is 1.33. The number of oxime groups is 1. The monoisotopic (exact) mass is 316 g/mol. The van der Waals surface area contributed by atoms with Crippen LogP contribution in [0.1, 0.15) is 18.4 Å². The van der Waals surface area contributed by atoms with Gasteiger partial charge in [-0.1, -0.05) is 17.3 Å². The standard InChI is InChI=1S/C16H17FN4O2/c1-20-11-14(10-18-20)21-7-3-6-15(16(21)22)23-19-9-12-4-2-5-13(17)8-12/h2,4-5,8-11,15H,3,6-7H2,1H3. The van der Waals surface area contributed by atoms with Crippen LogP contribution in [0.3, 0.4) is 0 Å². The van der Waals surface area contributed by atoms with Crippen LogP contribution in [0.2, 0.25) is 0 Å². The Morgan fingerprint density at radius 1 is 1.48 bits per heavy atom. The average molecular weight is 316 g/mol. The van der Waals surface area contributed by atoms with E-state index >= 15 is 0 Å². The molecule has 0 N–H and O–H groups in total. The third-order valence-corrected chi connectivity index (χ3v) is 3.63. The highest BCUT2D eigenvalue weighted by atomic mass is 19.1. The predicted molar refractivity (Wildman–Crippen MR) is 83.7 cm³/mol. The van der Waals surface area contributed by atoms with Crippen LogP contribution in [0.4, 0.5) is 10.1 Å². The molecule has 2 heterocycles. The van der Waals surface area contributed by atoms with Gasteiger partial charge in [0.2, 0.25) is 6.10 Å². The van der Waals surface area contributed by atoms with Crippen LogP contribution in [0.25, 0.3) is 0 Å². The van der Waals surface area contributed by atoms with Gasteiger partial charge in [0, 0.05) is 19.8 Å². The molecule has 1 saturated heterocycles. The molecule has 7 heteroatoms. The summed E-state index contributed by atoms with van der Waals surface area (Å²) in [6.07, 6.45) is 5.64. The summed E-state index contributed by atoms with van der Waals surface area (Å²) in [6.45, 7) is 0.637. The third kappa shape index (κ3) is 3.56. The normalized spacial score (nSPS) is 18.6. The molecule has 0 saturated carbocycles. The molecule has 0 radical (unpaired) electrons. The summed E-state index contributed by atoms with van der Waals surface area (Å²) in [4.78, 5) is 19.4. The maximum Gasteiger partial charge on any atom is 0.270 e. The van der Waals surface area contributed by atoms with Gasteiger partial charge in [-0.25, -0.2) is 4.39 Å². The van der Waals surface area contributed by atoms with Gasteiger partial charge in [-0.2, -0.15) is 5.10 Å². The second-order valence-corrected chi connectivity index (χ2v) is 5.39. The average Bonchev–Trinajstić information content (AvgIpc) is 2.95. The van der Waals surface area contributed by atoms with Gasteiger partial charge in [-0.05, 0) is 30.5 Å². The number of rotatable bonds is 4. The van der Waals surface area contributed by atoms with E-state index in [0.717, 1.165) is 12.1 Å². The molecule has 0 aliphatic carbocycles. The first-order chi connectivity index (χ1) is 11.1. The van der Waals surface area contributed by atoms with E-state index in [1.165, 1.54) is 18.3 Å². The molecule has 0 bridgehead atoms. The topological polar surface area (TPSA) is 59.7 Å². The maximum atomic E-state index is 13.1. The lowest BCUT2D eigenvalue weighted by Crippen LogP contribution is -2.44. The van der Waals surface area contributed by atoms with Crippen molar-refractivity contribution in [2.45, 2.75) is 18.9 Å². The Morgan fingerprint density at radius 3 is 3.09 bits per heavy atom. The molecule has 120 valence electrons. The lowest BCUT2D eigenvalue weighted by molar-refractivity contribution is -0.132. The van der Waals surface area contributed by atoms with E-state index in [2.05, 4.69) is 10.3 Å². The first kappa shape index (κ1) is 15.2. The van der Waals surface area contributed by atoms with E-state index in [1.54, 1.807) is 41.2 Å². The minimum atomic E-state index is -0.631. The van der Waals surface area contributed by atoms with E-state index in [-0.39, 0.29) is 11.7 Å². The molecule has 2 aromatic rings. The zero-order valence-electron chi connectivity index (χ0n) is 12.7. The summed E-state index contributed by atoms with van der Waals surface area (Å²) in [5.74, 6) is -0.480. The molecule has 1 aliphatic heterocycles. The van der Waals surface area contributed by atoms with Gasteiger partial charge < -0.3 is 9.74 Å². The molecule has 23 heavy (non-hydrogen) atoms. The van der Waals surface area contributed by atoms with Gasteiger partial charge in [0.05, 0.1) is 18.1 Å². The first-order valence-corrected chi connectivity index (χ1v) is 7.38. The molecule has 1 fully saturated rings. The van der Waals surface area contributed by atoms with Gasteiger partial charge >= 0.3 is 0 Å². The van der Waals surface area contributed by atoms with Crippen molar-refractivity contribution in [3.8, 4) is 0 Å². The van der Waals surface area contributed by atoms with Crippen molar-refractivity contribution in [2.75, 3.05) is 11.4 Å². The van der Waals surface area contributed by atoms with Gasteiger partial charge in [-0.15, -0.1) is 0 Å². The maximum absolute atomic E-state index is 13.1. The van der Waals surface area contributed by atoms with Gasteiger partial charge in [-0.3, -0.25) is 9.48 Å². The van der Waals surface area contributed by atoms with Crippen LogP contribution in [0, 0.1) is 5.82 Å². The van der Waals surface area contributed by atoms with Crippen LogP contribution in [-0.2, 0) is 16.7 Å². The molecule has 1 aromatic heterocycles. The number of nitrogens with zero attached hydrogens (tertiary/aromatic N) is 4. The van der Waals surface area contributed by atoms with Crippen molar-refractivity contribution in [1.82, 2.24) is 9.78 Å². The summed E-state index contributed by atoms with van der Waals surface area (Å²) in [5, 5.41) is 7.91. The number of piperidine rings is 1. The number of carbonyl (C=O) groups is 1. The van der Waals surface area contributed by atoms with E-state index in [9.17, 15) is 9.18 Å². The number of amides is 1. The summed E-state index contributed by atoms with van der Waals surface area (Å²) >= 11 is 0. The van der Waals surface area contributed by atoms with Crippen LogP contribution in [-0.4, -0.2) is 34.6 Å². The molecule has 1 amide bonds. The number of aryl methyl sites for hydroxylation is 1. The fourth-order valence-corrected chi connectivity index (χ4v) is 2.50. The Hall–Kier alpha value is -2.70. The molecular weight excluding hydrogens is 299 g/mol. The smallest absolute Gasteiger partial charge is 0.270 e. The third-order valence-electron chi connectivity index (χ3n) is 3.63. The van der Waals surface area contributed by atoms with Crippen molar-refractivity contribution in [3.05, 3.63) is 48.0 Å². The Balaban J connectivity index is 1.65. The van der Waals surface area contributed by atoms with Gasteiger partial charge in [0.15, 0.2) is 0 Å².